The normalized spacial score (nSPS) is 14.8. The van der Waals surface area contributed by atoms with Gasteiger partial charge in [0.1, 0.15) is 11.8 Å². The van der Waals surface area contributed by atoms with Crippen LogP contribution < -0.4 is 4.74 Å². The number of aryl methyl sites for hydroxylation is 2. The van der Waals surface area contributed by atoms with E-state index >= 15 is 0 Å². The minimum absolute atomic E-state index is 0.207. The SMILES string of the molecule is CCCCCCCc1ccc(C2(C(=O)Oc3ccc(CCCCCC)cc3C#N)CCCCC2)cc1. The van der Waals surface area contributed by atoms with E-state index < -0.39 is 5.41 Å². The molecule has 3 nitrogen and oxygen atoms in total. The molecule has 0 radical (unpaired) electrons. The van der Waals surface area contributed by atoms with Gasteiger partial charge in [0, 0.05) is 0 Å². The summed E-state index contributed by atoms with van der Waals surface area (Å²) in [6, 6.07) is 16.7. The second-order valence-corrected chi connectivity index (χ2v) is 10.6. The van der Waals surface area contributed by atoms with E-state index in [0.29, 0.717) is 11.3 Å². The standard InChI is InChI=1S/C33H45NO2/c1-3-5-7-9-12-15-27-17-20-30(21-18-27)33(23-13-10-14-24-33)32(35)36-31-22-19-28(25-29(31)26-34)16-11-8-6-4-2/h17-22,25H,3-16,23-24H2,1-2H3. The van der Waals surface area contributed by atoms with Crippen LogP contribution in [0.3, 0.4) is 0 Å². The smallest absolute Gasteiger partial charge is 0.321 e. The van der Waals surface area contributed by atoms with Crippen molar-refractivity contribution in [1.29, 1.82) is 5.26 Å². The third kappa shape index (κ3) is 7.70. The van der Waals surface area contributed by atoms with Gasteiger partial charge in [-0.05, 0) is 67.3 Å². The van der Waals surface area contributed by atoms with Gasteiger partial charge in [0.15, 0.2) is 0 Å². The maximum Gasteiger partial charge on any atom is 0.321 e. The molecule has 0 amide bonds. The highest BCUT2D eigenvalue weighted by Gasteiger charge is 2.43. The van der Waals surface area contributed by atoms with Gasteiger partial charge in [0.05, 0.1) is 11.0 Å². The van der Waals surface area contributed by atoms with Crippen LogP contribution in [0.25, 0.3) is 0 Å². The number of benzene rings is 2. The van der Waals surface area contributed by atoms with Crippen molar-refractivity contribution in [2.75, 3.05) is 0 Å². The quantitative estimate of drug-likeness (QED) is 0.152. The Hall–Kier alpha value is -2.60. The first kappa shape index (κ1) is 28.0. The molecule has 1 saturated carbocycles. The highest BCUT2D eigenvalue weighted by atomic mass is 16.5. The summed E-state index contributed by atoms with van der Waals surface area (Å²) in [5.41, 5.74) is 3.38. The van der Waals surface area contributed by atoms with Crippen LogP contribution in [0, 0.1) is 11.3 Å². The lowest BCUT2D eigenvalue weighted by molar-refractivity contribution is -0.142. The Bertz CT molecular complexity index is 980. The Labute approximate surface area is 219 Å². The molecule has 36 heavy (non-hydrogen) atoms. The third-order valence-electron chi connectivity index (χ3n) is 7.86. The molecule has 194 valence electrons. The zero-order valence-corrected chi connectivity index (χ0v) is 22.6. The predicted octanol–water partition coefficient (Wildman–Crippen LogP) is 9.00. The summed E-state index contributed by atoms with van der Waals surface area (Å²) in [7, 11) is 0. The molecule has 0 saturated heterocycles. The lowest BCUT2D eigenvalue weighted by atomic mass is 9.69. The summed E-state index contributed by atoms with van der Waals surface area (Å²) in [6.07, 6.45) is 18.0. The average Bonchev–Trinajstić information content (AvgIpc) is 2.92. The second-order valence-electron chi connectivity index (χ2n) is 10.6. The molecule has 2 aromatic rings. The van der Waals surface area contributed by atoms with E-state index in [1.165, 1.54) is 56.9 Å². The fourth-order valence-electron chi connectivity index (χ4n) is 5.55. The van der Waals surface area contributed by atoms with Crippen LogP contribution in [0.15, 0.2) is 42.5 Å². The fraction of sp³-hybridized carbons (Fsp3) is 0.576. The Morgan fingerprint density at radius 1 is 0.806 bits per heavy atom. The molecule has 0 N–H and O–H groups in total. The van der Waals surface area contributed by atoms with Gasteiger partial charge in [-0.15, -0.1) is 0 Å². The molecule has 0 atom stereocenters. The number of rotatable bonds is 14. The van der Waals surface area contributed by atoms with Crippen molar-refractivity contribution >= 4 is 5.97 Å². The van der Waals surface area contributed by atoms with Gasteiger partial charge in [-0.1, -0.05) is 108 Å². The number of carbonyl (C=O) groups is 1. The van der Waals surface area contributed by atoms with Gasteiger partial charge in [0.2, 0.25) is 0 Å². The van der Waals surface area contributed by atoms with E-state index in [-0.39, 0.29) is 5.97 Å². The molecule has 0 heterocycles. The van der Waals surface area contributed by atoms with Gasteiger partial charge in [0.25, 0.3) is 0 Å². The first-order chi connectivity index (χ1) is 17.6. The summed E-state index contributed by atoms with van der Waals surface area (Å²) in [5, 5.41) is 9.76. The lowest BCUT2D eigenvalue weighted by Crippen LogP contribution is -2.41. The second kappa shape index (κ2) is 14.8. The van der Waals surface area contributed by atoms with E-state index in [2.05, 4.69) is 44.2 Å². The molecule has 0 aromatic heterocycles. The van der Waals surface area contributed by atoms with Crippen LogP contribution in [0.5, 0.6) is 5.75 Å². The molecule has 3 heteroatoms. The molecule has 2 aromatic carbocycles. The minimum atomic E-state index is -0.622. The first-order valence-electron chi connectivity index (χ1n) is 14.5. The van der Waals surface area contributed by atoms with Crippen molar-refractivity contribution in [3.63, 3.8) is 0 Å². The predicted molar refractivity (Wildman–Crippen MR) is 148 cm³/mol. The number of nitrogens with zero attached hydrogens (tertiary/aromatic N) is 1. The molecule has 0 aliphatic heterocycles. The van der Waals surface area contributed by atoms with Crippen LogP contribution in [0.1, 0.15) is 126 Å². The van der Waals surface area contributed by atoms with Crippen LogP contribution >= 0.6 is 0 Å². The average molecular weight is 488 g/mol. The topological polar surface area (TPSA) is 50.1 Å². The maximum atomic E-state index is 13.7. The van der Waals surface area contributed by atoms with E-state index in [9.17, 15) is 10.1 Å². The summed E-state index contributed by atoms with van der Waals surface area (Å²) in [5.74, 6) is 0.190. The molecule has 1 aliphatic rings. The Balaban J connectivity index is 1.71. The van der Waals surface area contributed by atoms with Gasteiger partial charge in [-0.2, -0.15) is 5.26 Å². The summed E-state index contributed by atoms with van der Waals surface area (Å²) in [6.45, 7) is 4.45. The maximum absolute atomic E-state index is 13.7. The zero-order valence-electron chi connectivity index (χ0n) is 22.6. The monoisotopic (exact) mass is 487 g/mol. The van der Waals surface area contributed by atoms with Gasteiger partial charge in [-0.3, -0.25) is 4.79 Å². The van der Waals surface area contributed by atoms with Gasteiger partial charge < -0.3 is 4.74 Å². The van der Waals surface area contributed by atoms with Crippen LogP contribution in [0.2, 0.25) is 0 Å². The number of carbonyl (C=O) groups excluding carboxylic acids is 1. The number of unbranched alkanes of at least 4 members (excludes halogenated alkanes) is 7. The molecule has 1 aliphatic carbocycles. The molecular weight excluding hydrogens is 442 g/mol. The number of hydrogen-bond donors (Lipinski definition) is 0. The van der Waals surface area contributed by atoms with Crippen molar-refractivity contribution in [3.05, 3.63) is 64.7 Å². The van der Waals surface area contributed by atoms with Gasteiger partial charge in [-0.25, -0.2) is 0 Å². The van der Waals surface area contributed by atoms with Crippen LogP contribution in [-0.4, -0.2) is 5.97 Å². The van der Waals surface area contributed by atoms with Crippen molar-refractivity contribution in [2.45, 2.75) is 122 Å². The molecule has 0 bridgehead atoms. The summed E-state index contributed by atoms with van der Waals surface area (Å²) >= 11 is 0. The highest BCUT2D eigenvalue weighted by Crippen LogP contribution is 2.41. The number of esters is 1. The van der Waals surface area contributed by atoms with Gasteiger partial charge >= 0.3 is 5.97 Å². The number of ether oxygens (including phenoxy) is 1. The third-order valence-corrected chi connectivity index (χ3v) is 7.86. The molecular formula is C33H45NO2. The number of nitriles is 1. The Morgan fingerprint density at radius 2 is 1.39 bits per heavy atom. The van der Waals surface area contributed by atoms with Crippen molar-refractivity contribution in [1.82, 2.24) is 0 Å². The molecule has 3 rings (SSSR count). The van der Waals surface area contributed by atoms with Crippen molar-refractivity contribution in [2.24, 2.45) is 0 Å². The zero-order chi connectivity index (χ0) is 25.6. The Kier molecular flexibility index (Phi) is 11.5. The molecule has 0 unspecified atom stereocenters. The van der Waals surface area contributed by atoms with E-state index in [0.717, 1.165) is 62.5 Å². The van der Waals surface area contributed by atoms with Crippen LogP contribution in [0.4, 0.5) is 0 Å². The fourth-order valence-corrected chi connectivity index (χ4v) is 5.55. The van der Waals surface area contributed by atoms with Crippen molar-refractivity contribution < 1.29 is 9.53 Å². The van der Waals surface area contributed by atoms with E-state index in [1.54, 1.807) is 0 Å². The van der Waals surface area contributed by atoms with E-state index in [4.69, 9.17) is 4.74 Å². The lowest BCUT2D eigenvalue weighted by Gasteiger charge is -2.35. The summed E-state index contributed by atoms with van der Waals surface area (Å²) < 4.78 is 6.00. The minimum Gasteiger partial charge on any atom is -0.424 e. The largest absolute Gasteiger partial charge is 0.424 e. The molecule has 1 fully saturated rings. The Morgan fingerprint density at radius 3 is 2.03 bits per heavy atom. The molecule has 0 spiro atoms. The summed E-state index contributed by atoms with van der Waals surface area (Å²) in [4.78, 5) is 13.7. The first-order valence-corrected chi connectivity index (χ1v) is 14.5. The van der Waals surface area contributed by atoms with E-state index in [1.807, 2.05) is 18.2 Å². The highest BCUT2D eigenvalue weighted by molar-refractivity contribution is 5.85. The van der Waals surface area contributed by atoms with Crippen molar-refractivity contribution in [3.8, 4) is 11.8 Å². The van der Waals surface area contributed by atoms with Crippen LogP contribution in [-0.2, 0) is 23.1 Å². The number of hydrogen-bond acceptors (Lipinski definition) is 3.